The van der Waals surface area contributed by atoms with Gasteiger partial charge in [-0.3, -0.25) is 0 Å². The van der Waals surface area contributed by atoms with Gasteiger partial charge in [0.25, 0.3) is 0 Å². The second-order valence-corrected chi connectivity index (χ2v) is 3.97. The Morgan fingerprint density at radius 1 is 1.06 bits per heavy atom. The third-order valence-electron chi connectivity index (χ3n) is 2.68. The average Bonchev–Trinajstić information content (AvgIpc) is 2.58. The van der Waals surface area contributed by atoms with Gasteiger partial charge in [-0.25, -0.2) is 0 Å². The molecule has 0 bridgehead atoms. The van der Waals surface area contributed by atoms with E-state index in [4.69, 9.17) is 0 Å². The Kier molecular flexibility index (Phi) is 29.1. The Morgan fingerprint density at radius 2 is 1.44 bits per heavy atom. The molecular formula is C13H30HfN2. The van der Waals surface area contributed by atoms with Gasteiger partial charge in [-0.15, -0.1) is 6.54 Å². The molecule has 0 heterocycles. The van der Waals surface area contributed by atoms with Gasteiger partial charge in [0.1, 0.15) is 0 Å². The van der Waals surface area contributed by atoms with Gasteiger partial charge in [0, 0.05) is 0 Å². The molecule has 0 spiro atoms. The van der Waals surface area contributed by atoms with Crippen LogP contribution in [0.25, 0.3) is 10.6 Å². The molecule has 1 saturated carbocycles. The van der Waals surface area contributed by atoms with Crippen LogP contribution in [0.2, 0.25) is 0 Å². The Labute approximate surface area is 123 Å². The summed E-state index contributed by atoms with van der Waals surface area (Å²) in [6.45, 7) is 3.41. The van der Waals surface area contributed by atoms with E-state index in [1.165, 1.54) is 25.7 Å². The van der Waals surface area contributed by atoms with Crippen LogP contribution in [0.5, 0.6) is 0 Å². The van der Waals surface area contributed by atoms with E-state index in [0.717, 1.165) is 18.4 Å². The van der Waals surface area contributed by atoms with Crippen molar-refractivity contribution in [2.75, 3.05) is 27.7 Å². The minimum Gasteiger partial charge on any atom is -0.668 e. The predicted molar refractivity (Wildman–Crippen MR) is 73.3 cm³/mol. The Hall–Kier alpha value is 0.790. The normalized spacial score (nSPS) is 15.8. The molecule has 16 heavy (non-hydrogen) atoms. The van der Waals surface area contributed by atoms with E-state index in [-0.39, 0.29) is 40.7 Å². The van der Waals surface area contributed by atoms with Gasteiger partial charge in [0.15, 0.2) is 0 Å². The molecule has 1 unspecified atom stereocenters. The summed E-state index contributed by atoms with van der Waals surface area (Å²) in [5.74, 6) is 1.83. The van der Waals surface area contributed by atoms with E-state index in [1.807, 2.05) is 7.05 Å². The van der Waals surface area contributed by atoms with Crippen LogP contribution in [-0.2, 0) is 25.8 Å². The molecule has 0 aromatic heterocycles. The molecule has 1 aliphatic rings. The first-order valence-corrected chi connectivity index (χ1v) is 5.29. The van der Waals surface area contributed by atoms with Crippen molar-refractivity contribution in [3.05, 3.63) is 25.5 Å². The van der Waals surface area contributed by atoms with Crippen LogP contribution in [0.15, 0.2) is 0 Å². The monoisotopic (exact) mass is 394 g/mol. The summed E-state index contributed by atoms with van der Waals surface area (Å²) in [7, 11) is 5.42. The largest absolute Gasteiger partial charge is 4.00 e. The zero-order chi connectivity index (χ0) is 10.1. The molecule has 0 aromatic rings. The fraction of sp³-hybridized carbons (Fsp3) is 0.846. The minimum absolute atomic E-state index is 0. The van der Waals surface area contributed by atoms with Gasteiger partial charge in [-0.2, -0.15) is 21.1 Å². The smallest absolute Gasteiger partial charge is 0.668 e. The fourth-order valence-corrected chi connectivity index (χ4v) is 1.96. The molecule has 96 valence electrons. The molecule has 0 aliphatic heterocycles. The van der Waals surface area contributed by atoms with Crippen LogP contribution in [0, 0.1) is 26.7 Å². The topological polar surface area (TPSA) is 28.2 Å². The SMILES string of the molecule is C[N-]C.C[N-]CC(C)C1CCCC1.[CH3-].[CH3-].[Hf+4]. The maximum atomic E-state index is 4.18. The van der Waals surface area contributed by atoms with Crippen molar-refractivity contribution >= 4 is 0 Å². The van der Waals surface area contributed by atoms with Gasteiger partial charge in [-0.05, 0) is 5.92 Å². The Balaban J connectivity index is -0.000000109. The van der Waals surface area contributed by atoms with E-state index >= 15 is 0 Å². The van der Waals surface area contributed by atoms with Crippen LogP contribution < -0.4 is 0 Å². The first-order valence-electron chi connectivity index (χ1n) is 5.29. The Bertz CT molecular complexity index is 104. The summed E-state index contributed by atoms with van der Waals surface area (Å²) in [5, 5.41) is 7.68. The zero-order valence-electron chi connectivity index (χ0n) is 12.1. The molecule has 0 radical (unpaired) electrons. The third kappa shape index (κ3) is 12.9. The molecule has 0 N–H and O–H groups in total. The standard InChI is InChI=1S/C9H18N.C2H6N.2CH3.Hf/c1-8(7-10-2)9-5-3-4-6-9;1-3-2;;;/h8-9H,3-7H2,1-2H3;1-2H3;2*1H3;/q4*-1;+4. The summed E-state index contributed by atoms with van der Waals surface area (Å²) in [6, 6.07) is 0. The fourth-order valence-electron chi connectivity index (χ4n) is 1.96. The van der Waals surface area contributed by atoms with E-state index in [2.05, 4.69) is 17.6 Å². The summed E-state index contributed by atoms with van der Waals surface area (Å²) in [4.78, 5) is 0. The van der Waals surface area contributed by atoms with Gasteiger partial charge in [-0.1, -0.05) is 38.5 Å². The summed E-state index contributed by atoms with van der Waals surface area (Å²) < 4.78 is 0. The maximum absolute atomic E-state index is 4.18. The number of hydrogen-bond donors (Lipinski definition) is 0. The van der Waals surface area contributed by atoms with E-state index in [0.29, 0.717) is 0 Å². The van der Waals surface area contributed by atoms with Crippen molar-refractivity contribution in [2.24, 2.45) is 11.8 Å². The third-order valence-corrected chi connectivity index (χ3v) is 2.68. The molecular weight excluding hydrogens is 363 g/mol. The molecule has 0 saturated heterocycles. The maximum Gasteiger partial charge on any atom is 4.00 e. The average molecular weight is 393 g/mol. The molecule has 0 amide bonds. The summed E-state index contributed by atoms with van der Waals surface area (Å²) in [5.41, 5.74) is 0. The summed E-state index contributed by atoms with van der Waals surface area (Å²) >= 11 is 0. The molecule has 1 rings (SSSR count). The molecule has 1 aliphatic carbocycles. The van der Waals surface area contributed by atoms with Crippen molar-refractivity contribution in [1.82, 2.24) is 0 Å². The molecule has 1 atom stereocenters. The zero-order valence-corrected chi connectivity index (χ0v) is 15.7. The Morgan fingerprint density at radius 3 is 1.75 bits per heavy atom. The quantitative estimate of drug-likeness (QED) is 0.505. The van der Waals surface area contributed by atoms with E-state index in [1.54, 1.807) is 14.1 Å². The van der Waals surface area contributed by atoms with Gasteiger partial charge in [0.05, 0.1) is 0 Å². The minimum atomic E-state index is 0. The predicted octanol–water partition coefficient (Wildman–Crippen LogP) is 4.33. The van der Waals surface area contributed by atoms with Gasteiger partial charge < -0.3 is 25.5 Å². The van der Waals surface area contributed by atoms with Crippen LogP contribution in [0.3, 0.4) is 0 Å². The van der Waals surface area contributed by atoms with Crippen LogP contribution >= 0.6 is 0 Å². The summed E-state index contributed by atoms with van der Waals surface area (Å²) in [6.07, 6.45) is 5.82. The molecule has 0 aromatic carbocycles. The number of nitrogens with zero attached hydrogens (tertiary/aromatic N) is 2. The van der Waals surface area contributed by atoms with Crippen molar-refractivity contribution in [3.63, 3.8) is 0 Å². The van der Waals surface area contributed by atoms with Gasteiger partial charge in [0.2, 0.25) is 0 Å². The van der Waals surface area contributed by atoms with Crippen LogP contribution in [0.1, 0.15) is 32.6 Å². The van der Waals surface area contributed by atoms with Crippen molar-refractivity contribution < 1.29 is 25.8 Å². The first kappa shape index (κ1) is 25.6. The second kappa shape index (κ2) is 18.2. The van der Waals surface area contributed by atoms with Crippen LogP contribution in [-0.4, -0.2) is 27.7 Å². The molecule has 1 fully saturated rings. The second-order valence-electron chi connectivity index (χ2n) is 3.97. The number of hydrogen-bond acceptors (Lipinski definition) is 0. The van der Waals surface area contributed by atoms with Crippen molar-refractivity contribution in [2.45, 2.75) is 32.6 Å². The van der Waals surface area contributed by atoms with Crippen molar-refractivity contribution in [3.8, 4) is 0 Å². The molecule has 2 nitrogen and oxygen atoms in total. The van der Waals surface area contributed by atoms with E-state index in [9.17, 15) is 0 Å². The van der Waals surface area contributed by atoms with Crippen LogP contribution in [0.4, 0.5) is 0 Å². The molecule has 3 heteroatoms. The first-order chi connectivity index (χ1) is 6.26. The van der Waals surface area contributed by atoms with Crippen molar-refractivity contribution in [1.29, 1.82) is 0 Å². The van der Waals surface area contributed by atoms with E-state index < -0.39 is 0 Å². The number of rotatable bonds is 3. The van der Waals surface area contributed by atoms with Gasteiger partial charge >= 0.3 is 25.8 Å².